The SMILES string of the molecule is CC(O)C1CCC2C1CCC1C2CCC2CC(O)CCC21C. The number of fused-ring (bicyclic) bond motifs is 5. The highest BCUT2D eigenvalue weighted by atomic mass is 16.3. The largest absolute Gasteiger partial charge is 0.393 e. The standard InChI is InChI=1S/C20H34O2/c1-12(21)15-5-6-17-16(15)7-8-19-18(17)4-3-13-11-14(22)9-10-20(13,19)2/h12-19,21-22H,3-11H2,1-2H3. The maximum atomic E-state index is 10.1. The Labute approximate surface area is 135 Å². The quantitative estimate of drug-likeness (QED) is 0.769. The molecular weight excluding hydrogens is 272 g/mol. The van der Waals surface area contributed by atoms with E-state index in [4.69, 9.17) is 0 Å². The summed E-state index contributed by atoms with van der Waals surface area (Å²) in [6.07, 6.45) is 11.3. The normalized spacial score (nSPS) is 55.9. The van der Waals surface area contributed by atoms with Gasteiger partial charge in [0.25, 0.3) is 0 Å². The molecule has 0 amide bonds. The van der Waals surface area contributed by atoms with Gasteiger partial charge in [0.2, 0.25) is 0 Å². The molecule has 9 unspecified atom stereocenters. The van der Waals surface area contributed by atoms with E-state index in [1.165, 1.54) is 44.9 Å². The molecular formula is C20H34O2. The van der Waals surface area contributed by atoms with Gasteiger partial charge in [-0.2, -0.15) is 0 Å². The fraction of sp³-hybridized carbons (Fsp3) is 1.00. The predicted octanol–water partition coefficient (Wildman–Crippen LogP) is 4.00. The first kappa shape index (κ1) is 15.4. The fourth-order valence-corrected chi connectivity index (χ4v) is 7.53. The second kappa shape index (κ2) is 5.48. The van der Waals surface area contributed by atoms with Crippen molar-refractivity contribution in [1.82, 2.24) is 0 Å². The van der Waals surface area contributed by atoms with E-state index in [9.17, 15) is 10.2 Å². The Balaban J connectivity index is 1.56. The highest BCUT2D eigenvalue weighted by Gasteiger charge is 2.56. The van der Waals surface area contributed by atoms with Crippen molar-refractivity contribution in [2.24, 2.45) is 40.9 Å². The summed E-state index contributed by atoms with van der Waals surface area (Å²) in [5, 5.41) is 20.2. The van der Waals surface area contributed by atoms with Crippen LogP contribution in [0.3, 0.4) is 0 Å². The van der Waals surface area contributed by atoms with E-state index in [2.05, 4.69) is 6.92 Å². The number of aliphatic hydroxyl groups excluding tert-OH is 2. The molecule has 2 heteroatoms. The average molecular weight is 306 g/mol. The zero-order valence-electron chi connectivity index (χ0n) is 14.4. The van der Waals surface area contributed by atoms with E-state index < -0.39 is 0 Å². The summed E-state index contributed by atoms with van der Waals surface area (Å²) in [6.45, 7) is 4.57. The third-order valence-electron chi connectivity index (χ3n) is 8.63. The van der Waals surface area contributed by atoms with Gasteiger partial charge in [-0.15, -0.1) is 0 Å². The summed E-state index contributed by atoms with van der Waals surface area (Å²) in [6, 6.07) is 0. The molecule has 0 aromatic heterocycles. The summed E-state index contributed by atoms with van der Waals surface area (Å²) in [5.41, 5.74) is 0.496. The number of hydrogen-bond donors (Lipinski definition) is 2. The molecule has 0 bridgehead atoms. The molecule has 4 fully saturated rings. The third kappa shape index (κ3) is 2.20. The molecule has 0 radical (unpaired) electrons. The second-order valence-electron chi connectivity index (χ2n) is 9.37. The zero-order valence-corrected chi connectivity index (χ0v) is 14.4. The Morgan fingerprint density at radius 3 is 2.41 bits per heavy atom. The van der Waals surface area contributed by atoms with Gasteiger partial charge in [0.15, 0.2) is 0 Å². The van der Waals surface area contributed by atoms with Crippen LogP contribution < -0.4 is 0 Å². The van der Waals surface area contributed by atoms with Crippen molar-refractivity contribution in [3.63, 3.8) is 0 Å². The van der Waals surface area contributed by atoms with Crippen LogP contribution in [0.2, 0.25) is 0 Å². The topological polar surface area (TPSA) is 40.5 Å². The van der Waals surface area contributed by atoms with Crippen molar-refractivity contribution in [2.45, 2.75) is 83.8 Å². The maximum Gasteiger partial charge on any atom is 0.0543 e. The molecule has 0 spiro atoms. The molecule has 22 heavy (non-hydrogen) atoms. The fourth-order valence-electron chi connectivity index (χ4n) is 7.53. The van der Waals surface area contributed by atoms with E-state index in [0.29, 0.717) is 11.3 Å². The van der Waals surface area contributed by atoms with E-state index in [-0.39, 0.29) is 12.2 Å². The van der Waals surface area contributed by atoms with Crippen LogP contribution in [-0.4, -0.2) is 22.4 Å². The number of hydrogen-bond acceptors (Lipinski definition) is 2. The Bertz CT molecular complexity index is 420. The molecule has 4 aliphatic rings. The van der Waals surface area contributed by atoms with Gasteiger partial charge >= 0.3 is 0 Å². The molecule has 4 rings (SSSR count). The Morgan fingerprint density at radius 1 is 0.909 bits per heavy atom. The number of rotatable bonds is 1. The molecule has 0 heterocycles. The van der Waals surface area contributed by atoms with E-state index in [1.54, 1.807) is 0 Å². The van der Waals surface area contributed by atoms with Crippen molar-refractivity contribution in [3.8, 4) is 0 Å². The minimum Gasteiger partial charge on any atom is -0.393 e. The van der Waals surface area contributed by atoms with Gasteiger partial charge in [-0.25, -0.2) is 0 Å². The molecule has 9 atom stereocenters. The Morgan fingerprint density at radius 2 is 1.64 bits per heavy atom. The summed E-state index contributed by atoms with van der Waals surface area (Å²) in [5.74, 6) is 4.85. The predicted molar refractivity (Wildman–Crippen MR) is 88.3 cm³/mol. The smallest absolute Gasteiger partial charge is 0.0543 e. The van der Waals surface area contributed by atoms with Crippen molar-refractivity contribution < 1.29 is 10.2 Å². The Hall–Kier alpha value is -0.0800. The summed E-state index contributed by atoms with van der Waals surface area (Å²) in [4.78, 5) is 0. The van der Waals surface area contributed by atoms with Crippen LogP contribution in [0.5, 0.6) is 0 Å². The van der Waals surface area contributed by atoms with Crippen molar-refractivity contribution in [1.29, 1.82) is 0 Å². The summed E-state index contributed by atoms with van der Waals surface area (Å²) < 4.78 is 0. The highest BCUT2D eigenvalue weighted by Crippen LogP contribution is 2.64. The van der Waals surface area contributed by atoms with Crippen molar-refractivity contribution in [3.05, 3.63) is 0 Å². The average Bonchev–Trinajstić information content (AvgIpc) is 2.92. The lowest BCUT2D eigenvalue weighted by Crippen LogP contribution is -2.52. The van der Waals surface area contributed by atoms with E-state index >= 15 is 0 Å². The molecule has 0 aromatic carbocycles. The molecule has 2 nitrogen and oxygen atoms in total. The van der Waals surface area contributed by atoms with Gasteiger partial charge in [0, 0.05) is 0 Å². The van der Waals surface area contributed by atoms with E-state index in [1.807, 2.05) is 6.92 Å². The lowest BCUT2D eigenvalue weighted by molar-refractivity contribution is -0.111. The van der Waals surface area contributed by atoms with Gasteiger partial charge in [-0.3, -0.25) is 0 Å². The van der Waals surface area contributed by atoms with Gasteiger partial charge in [-0.05, 0) is 106 Å². The first-order valence-electron chi connectivity index (χ1n) is 9.87. The molecule has 4 aliphatic carbocycles. The van der Waals surface area contributed by atoms with Crippen LogP contribution in [0, 0.1) is 40.9 Å². The van der Waals surface area contributed by atoms with E-state index in [0.717, 1.165) is 42.4 Å². The van der Waals surface area contributed by atoms with Crippen LogP contribution in [-0.2, 0) is 0 Å². The molecule has 126 valence electrons. The zero-order chi connectivity index (χ0) is 15.5. The first-order chi connectivity index (χ1) is 10.5. The Kier molecular flexibility index (Phi) is 3.85. The molecule has 0 aromatic rings. The minimum absolute atomic E-state index is 0.0305. The molecule has 4 saturated carbocycles. The number of aliphatic hydroxyl groups is 2. The summed E-state index contributed by atoms with van der Waals surface area (Å²) in [7, 11) is 0. The van der Waals surface area contributed by atoms with Crippen LogP contribution in [0.25, 0.3) is 0 Å². The summed E-state index contributed by atoms with van der Waals surface area (Å²) >= 11 is 0. The third-order valence-corrected chi connectivity index (χ3v) is 8.63. The van der Waals surface area contributed by atoms with Crippen LogP contribution >= 0.6 is 0 Å². The minimum atomic E-state index is -0.108. The van der Waals surface area contributed by atoms with Crippen LogP contribution in [0.1, 0.15) is 71.6 Å². The van der Waals surface area contributed by atoms with Gasteiger partial charge in [-0.1, -0.05) is 6.92 Å². The highest BCUT2D eigenvalue weighted by molar-refractivity contribution is 5.06. The monoisotopic (exact) mass is 306 g/mol. The lowest BCUT2D eigenvalue weighted by Gasteiger charge is -2.59. The van der Waals surface area contributed by atoms with Gasteiger partial charge in [0.05, 0.1) is 12.2 Å². The van der Waals surface area contributed by atoms with Crippen LogP contribution in [0.4, 0.5) is 0 Å². The maximum absolute atomic E-state index is 10.1. The van der Waals surface area contributed by atoms with Crippen molar-refractivity contribution >= 4 is 0 Å². The molecule has 0 aliphatic heterocycles. The lowest BCUT2D eigenvalue weighted by atomic mass is 9.47. The van der Waals surface area contributed by atoms with Crippen molar-refractivity contribution in [2.75, 3.05) is 0 Å². The molecule has 0 saturated heterocycles. The van der Waals surface area contributed by atoms with Crippen LogP contribution in [0.15, 0.2) is 0 Å². The second-order valence-corrected chi connectivity index (χ2v) is 9.37. The van der Waals surface area contributed by atoms with Gasteiger partial charge in [0.1, 0.15) is 0 Å². The molecule has 2 N–H and O–H groups in total. The first-order valence-corrected chi connectivity index (χ1v) is 9.87. The van der Waals surface area contributed by atoms with Gasteiger partial charge < -0.3 is 10.2 Å².